The summed E-state index contributed by atoms with van der Waals surface area (Å²) in [6.45, 7) is 2.22. The number of imidazole rings is 1. The first-order valence-corrected chi connectivity index (χ1v) is 8.55. The minimum absolute atomic E-state index is 0.0552. The van der Waals surface area contributed by atoms with Crippen molar-refractivity contribution in [3.8, 4) is 0 Å². The minimum Gasteiger partial charge on any atom is -0.340 e. The standard InChI is InChI=1S/C16H20N4O2S/c1-11(18-15(21)13-4-3-9-23-13)16(22)20(12-5-6-12)10-14-17-7-8-19(14)2/h3-4,7-9,11-12H,5-6,10H2,1-2H3,(H,18,21). The molecule has 1 N–H and O–H groups in total. The van der Waals surface area contributed by atoms with E-state index in [9.17, 15) is 9.59 Å². The van der Waals surface area contributed by atoms with Crippen LogP contribution in [0.1, 0.15) is 35.3 Å². The summed E-state index contributed by atoms with van der Waals surface area (Å²) < 4.78 is 1.91. The van der Waals surface area contributed by atoms with Crippen molar-refractivity contribution in [2.24, 2.45) is 7.05 Å². The Morgan fingerprint density at radius 1 is 1.52 bits per heavy atom. The van der Waals surface area contributed by atoms with Crippen LogP contribution < -0.4 is 5.32 Å². The first-order valence-electron chi connectivity index (χ1n) is 7.67. The van der Waals surface area contributed by atoms with Crippen LogP contribution >= 0.6 is 11.3 Å². The summed E-state index contributed by atoms with van der Waals surface area (Å²) in [5, 5.41) is 4.64. The summed E-state index contributed by atoms with van der Waals surface area (Å²) in [6, 6.07) is 3.29. The van der Waals surface area contributed by atoms with Gasteiger partial charge in [-0.3, -0.25) is 9.59 Å². The fourth-order valence-corrected chi connectivity index (χ4v) is 3.09. The van der Waals surface area contributed by atoms with Gasteiger partial charge in [-0.15, -0.1) is 11.3 Å². The van der Waals surface area contributed by atoms with Crippen molar-refractivity contribution in [2.45, 2.75) is 38.4 Å². The summed E-state index contributed by atoms with van der Waals surface area (Å²) >= 11 is 1.37. The third kappa shape index (κ3) is 3.61. The van der Waals surface area contributed by atoms with Gasteiger partial charge in [0.2, 0.25) is 5.91 Å². The Kier molecular flexibility index (Phi) is 4.47. The summed E-state index contributed by atoms with van der Waals surface area (Å²) in [7, 11) is 1.92. The van der Waals surface area contributed by atoms with E-state index in [2.05, 4.69) is 10.3 Å². The molecule has 1 aliphatic carbocycles. The molecule has 2 aromatic heterocycles. The molecule has 23 heavy (non-hydrogen) atoms. The van der Waals surface area contributed by atoms with Gasteiger partial charge in [-0.05, 0) is 31.2 Å². The predicted molar refractivity (Wildman–Crippen MR) is 88.0 cm³/mol. The number of amides is 2. The molecule has 0 saturated heterocycles. The molecule has 6 nitrogen and oxygen atoms in total. The van der Waals surface area contributed by atoms with Crippen LogP contribution in [0.5, 0.6) is 0 Å². The van der Waals surface area contributed by atoms with Crippen LogP contribution in [0.15, 0.2) is 29.9 Å². The summed E-state index contributed by atoms with van der Waals surface area (Å²) in [5.41, 5.74) is 0. The second-order valence-corrected chi connectivity index (χ2v) is 6.77. The maximum absolute atomic E-state index is 12.7. The van der Waals surface area contributed by atoms with E-state index in [-0.39, 0.29) is 17.9 Å². The van der Waals surface area contributed by atoms with Gasteiger partial charge >= 0.3 is 0 Å². The monoisotopic (exact) mass is 332 g/mol. The highest BCUT2D eigenvalue weighted by atomic mass is 32.1. The van der Waals surface area contributed by atoms with Crippen molar-refractivity contribution in [2.75, 3.05) is 0 Å². The molecule has 1 saturated carbocycles. The van der Waals surface area contributed by atoms with E-state index in [1.165, 1.54) is 11.3 Å². The summed E-state index contributed by atoms with van der Waals surface area (Å²) in [4.78, 5) is 31.6. The Morgan fingerprint density at radius 2 is 2.30 bits per heavy atom. The number of hydrogen-bond donors (Lipinski definition) is 1. The van der Waals surface area contributed by atoms with Crippen molar-refractivity contribution < 1.29 is 9.59 Å². The van der Waals surface area contributed by atoms with Gasteiger partial charge < -0.3 is 14.8 Å². The number of nitrogens with one attached hydrogen (secondary N) is 1. The molecule has 1 aliphatic rings. The molecule has 2 heterocycles. The normalized spacial score (nSPS) is 15.2. The fourth-order valence-electron chi connectivity index (χ4n) is 2.46. The molecule has 2 aromatic rings. The number of nitrogens with zero attached hydrogens (tertiary/aromatic N) is 3. The average Bonchev–Trinajstić information content (AvgIpc) is 3.06. The lowest BCUT2D eigenvalue weighted by Gasteiger charge is -2.26. The highest BCUT2D eigenvalue weighted by Gasteiger charge is 2.35. The van der Waals surface area contributed by atoms with E-state index in [0.717, 1.165) is 18.7 Å². The van der Waals surface area contributed by atoms with Crippen LogP contribution in [0.3, 0.4) is 0 Å². The van der Waals surface area contributed by atoms with Crippen molar-refractivity contribution in [1.29, 1.82) is 0 Å². The number of hydrogen-bond acceptors (Lipinski definition) is 4. The molecule has 1 fully saturated rings. The number of carbonyl (C=O) groups excluding carboxylic acids is 2. The highest BCUT2D eigenvalue weighted by Crippen LogP contribution is 2.28. The van der Waals surface area contributed by atoms with E-state index < -0.39 is 6.04 Å². The Morgan fingerprint density at radius 3 is 2.87 bits per heavy atom. The summed E-state index contributed by atoms with van der Waals surface area (Å²) in [5.74, 6) is 0.594. The van der Waals surface area contributed by atoms with Crippen molar-refractivity contribution >= 4 is 23.2 Å². The minimum atomic E-state index is -0.550. The van der Waals surface area contributed by atoms with Crippen LogP contribution in [-0.4, -0.2) is 38.3 Å². The molecule has 1 unspecified atom stereocenters. The number of aromatic nitrogens is 2. The molecular formula is C16H20N4O2S. The van der Waals surface area contributed by atoms with Gasteiger partial charge in [0.1, 0.15) is 11.9 Å². The zero-order valence-corrected chi connectivity index (χ0v) is 14.0. The molecule has 0 aliphatic heterocycles. The second-order valence-electron chi connectivity index (χ2n) is 5.82. The lowest BCUT2D eigenvalue weighted by Crippen LogP contribution is -2.47. The number of rotatable bonds is 6. The van der Waals surface area contributed by atoms with Crippen LogP contribution in [0.4, 0.5) is 0 Å². The highest BCUT2D eigenvalue weighted by molar-refractivity contribution is 7.12. The van der Waals surface area contributed by atoms with Gasteiger partial charge in [-0.2, -0.15) is 0 Å². The zero-order chi connectivity index (χ0) is 16.4. The molecule has 2 amide bonds. The average molecular weight is 332 g/mol. The van der Waals surface area contributed by atoms with Crippen molar-refractivity contribution in [3.63, 3.8) is 0 Å². The largest absolute Gasteiger partial charge is 0.340 e. The Labute approximate surface area is 139 Å². The molecule has 0 bridgehead atoms. The Bertz CT molecular complexity index is 691. The predicted octanol–water partition coefficient (Wildman–Crippen LogP) is 1.79. The van der Waals surface area contributed by atoms with Crippen LogP contribution in [0.2, 0.25) is 0 Å². The topological polar surface area (TPSA) is 67.2 Å². The van der Waals surface area contributed by atoms with Crippen LogP contribution in [0.25, 0.3) is 0 Å². The molecular weight excluding hydrogens is 312 g/mol. The maximum Gasteiger partial charge on any atom is 0.261 e. The Hall–Kier alpha value is -2.15. The third-order valence-electron chi connectivity index (χ3n) is 3.97. The molecule has 0 radical (unpaired) electrons. The number of carbonyl (C=O) groups is 2. The van der Waals surface area contributed by atoms with Crippen molar-refractivity contribution in [3.05, 3.63) is 40.6 Å². The van der Waals surface area contributed by atoms with E-state index in [1.807, 2.05) is 34.2 Å². The van der Waals surface area contributed by atoms with Gasteiger partial charge in [0.15, 0.2) is 0 Å². The Balaban J connectivity index is 1.66. The third-order valence-corrected chi connectivity index (χ3v) is 4.84. The molecule has 122 valence electrons. The molecule has 3 rings (SSSR count). The quantitative estimate of drug-likeness (QED) is 0.877. The van der Waals surface area contributed by atoms with E-state index in [0.29, 0.717) is 11.4 Å². The fraction of sp³-hybridized carbons (Fsp3) is 0.438. The maximum atomic E-state index is 12.7. The van der Waals surface area contributed by atoms with Gasteiger partial charge in [-0.1, -0.05) is 6.07 Å². The first-order chi connectivity index (χ1) is 11.1. The molecule has 1 atom stereocenters. The van der Waals surface area contributed by atoms with Crippen LogP contribution in [-0.2, 0) is 18.4 Å². The second kappa shape index (κ2) is 6.54. The van der Waals surface area contributed by atoms with E-state index in [1.54, 1.807) is 19.2 Å². The van der Waals surface area contributed by atoms with Crippen molar-refractivity contribution in [1.82, 2.24) is 19.8 Å². The number of thiophene rings is 1. The van der Waals surface area contributed by atoms with Crippen LogP contribution in [0, 0.1) is 0 Å². The lowest BCUT2D eigenvalue weighted by atomic mass is 10.2. The SMILES string of the molecule is CC(NC(=O)c1cccs1)C(=O)N(Cc1nccn1C)C1CC1. The van der Waals surface area contributed by atoms with E-state index >= 15 is 0 Å². The zero-order valence-electron chi connectivity index (χ0n) is 13.2. The molecule has 0 aromatic carbocycles. The first kappa shape index (κ1) is 15.7. The van der Waals surface area contributed by atoms with Gasteiger partial charge in [0.05, 0.1) is 11.4 Å². The lowest BCUT2D eigenvalue weighted by molar-refractivity contribution is -0.134. The van der Waals surface area contributed by atoms with Gasteiger partial charge in [-0.25, -0.2) is 4.98 Å². The molecule has 7 heteroatoms. The number of aryl methyl sites for hydroxylation is 1. The van der Waals surface area contributed by atoms with Gasteiger partial charge in [0, 0.05) is 25.5 Å². The molecule has 0 spiro atoms. The summed E-state index contributed by atoms with van der Waals surface area (Å²) in [6.07, 6.45) is 5.63. The smallest absolute Gasteiger partial charge is 0.261 e. The van der Waals surface area contributed by atoms with E-state index in [4.69, 9.17) is 0 Å². The van der Waals surface area contributed by atoms with Gasteiger partial charge in [0.25, 0.3) is 5.91 Å².